The molecule has 1 nitrogen and oxygen atoms in total. The maximum atomic E-state index is 9.51. The minimum atomic E-state index is -0.728. The van der Waals surface area contributed by atoms with Crippen LogP contribution in [0, 0.1) is 0 Å². The Kier molecular flexibility index (Phi) is 4.08. The first-order chi connectivity index (χ1) is 28.7. The molecule has 0 N–H and O–H groups in total. The second kappa shape index (κ2) is 11.3. The predicted molar refractivity (Wildman–Crippen MR) is 198 cm³/mol. The fourth-order valence-electron chi connectivity index (χ4n) is 6.33. The van der Waals surface area contributed by atoms with E-state index >= 15 is 0 Å². The third kappa shape index (κ3) is 4.64. The van der Waals surface area contributed by atoms with Crippen LogP contribution in [0.25, 0.3) is 88.3 Å². The maximum Gasteiger partial charge on any atom is 0.143 e. The van der Waals surface area contributed by atoms with Crippen molar-refractivity contribution in [2.75, 3.05) is 0 Å². The van der Waals surface area contributed by atoms with E-state index in [-0.39, 0.29) is 44.0 Å². The highest BCUT2D eigenvalue weighted by Crippen LogP contribution is 2.50. The van der Waals surface area contributed by atoms with E-state index < -0.39 is 84.1 Å². The average molecular weight is 612 g/mol. The van der Waals surface area contributed by atoms with Gasteiger partial charge in [0, 0.05) is 22.1 Å². The molecular formula is C46H30O. The van der Waals surface area contributed by atoms with Crippen molar-refractivity contribution in [3.8, 4) is 55.8 Å². The van der Waals surface area contributed by atoms with Crippen molar-refractivity contribution >= 4 is 32.5 Å². The Labute approximate surface area is 292 Å². The van der Waals surface area contributed by atoms with Crippen molar-refractivity contribution in [1.82, 2.24) is 0 Å². The lowest BCUT2D eigenvalue weighted by atomic mass is 9.84. The van der Waals surface area contributed by atoms with E-state index in [4.69, 9.17) is 16.8 Å². The first kappa shape index (κ1) is 16.9. The summed E-state index contributed by atoms with van der Waals surface area (Å²) in [5.41, 5.74) is 3.84. The SMILES string of the molecule is [2H]c1c([2H])c([2H])c(-c2c3c([2H])c([2H])c([2H])c([2H])c3c(-c3c(-c4cccc(-c5ccccc5)c4)oc4cc(-c5ccccc5)ccc34)c3c([2H])c([2H])c([2H])c([2H])c23)c([2H])c1[2H]. The van der Waals surface area contributed by atoms with Crippen LogP contribution in [-0.2, 0) is 0 Å². The Hall–Kier alpha value is -6.18. The van der Waals surface area contributed by atoms with Gasteiger partial charge in [-0.25, -0.2) is 0 Å². The van der Waals surface area contributed by atoms with Gasteiger partial charge in [-0.1, -0.05) is 163 Å². The molecule has 0 aliphatic rings. The Morgan fingerprint density at radius 2 is 0.851 bits per heavy atom. The standard InChI is InChI=1S/C46H30O/c1-4-15-31(16-5-1)34-21-14-22-36(29-34)46-45(41-28-27-35(30-42(41)47-46)32-17-6-2-7-18-32)44-39-25-12-10-23-37(39)43(33-19-8-3-9-20-33)38-24-11-13-26-40(38)44/h1-30H/i3D,8D,9D,10D,11D,12D,13D,19D,20D,23D,24D,25D,26D. The number of hydrogen-bond donors (Lipinski definition) is 0. The molecule has 0 bridgehead atoms. The summed E-state index contributed by atoms with van der Waals surface area (Å²) in [6.07, 6.45) is 0. The molecule has 0 spiro atoms. The third-order valence-corrected chi connectivity index (χ3v) is 8.40. The minimum Gasteiger partial charge on any atom is -0.455 e. The van der Waals surface area contributed by atoms with Gasteiger partial charge in [0.25, 0.3) is 0 Å². The summed E-state index contributed by atoms with van der Waals surface area (Å²) in [5, 5.41) is -0.475. The number of furan rings is 1. The van der Waals surface area contributed by atoms with E-state index in [1.165, 1.54) is 0 Å². The highest BCUT2D eigenvalue weighted by Gasteiger charge is 2.24. The second-order valence-electron chi connectivity index (χ2n) is 11.1. The lowest BCUT2D eigenvalue weighted by Gasteiger charge is -2.18. The van der Waals surface area contributed by atoms with E-state index in [1.54, 1.807) is 6.07 Å². The Bertz CT molecular complexity index is 3180. The van der Waals surface area contributed by atoms with Gasteiger partial charge >= 0.3 is 0 Å². The van der Waals surface area contributed by atoms with Gasteiger partial charge in [-0.3, -0.25) is 0 Å². The maximum absolute atomic E-state index is 9.51. The average Bonchev–Trinajstić information content (AvgIpc) is 3.66. The minimum absolute atomic E-state index is 0.00134. The zero-order valence-corrected chi connectivity index (χ0v) is 24.7. The first-order valence-electron chi connectivity index (χ1n) is 21.5. The van der Waals surface area contributed by atoms with Crippen LogP contribution in [0.1, 0.15) is 17.8 Å². The predicted octanol–water partition coefficient (Wildman–Crippen LogP) is 13.1. The first-order valence-corrected chi connectivity index (χ1v) is 15.0. The van der Waals surface area contributed by atoms with Gasteiger partial charge in [0.05, 0.1) is 17.8 Å². The van der Waals surface area contributed by atoms with E-state index in [1.807, 2.05) is 97.1 Å². The van der Waals surface area contributed by atoms with E-state index in [9.17, 15) is 5.48 Å². The molecule has 0 fully saturated rings. The zero-order valence-electron chi connectivity index (χ0n) is 37.7. The van der Waals surface area contributed by atoms with Crippen molar-refractivity contribution in [2.45, 2.75) is 0 Å². The van der Waals surface area contributed by atoms with Gasteiger partial charge in [-0.05, 0) is 73.1 Å². The highest BCUT2D eigenvalue weighted by atomic mass is 16.3. The molecule has 0 saturated carbocycles. The molecular weight excluding hydrogens is 569 g/mol. The lowest BCUT2D eigenvalue weighted by molar-refractivity contribution is 0.632. The molecule has 8 aromatic carbocycles. The Morgan fingerprint density at radius 1 is 0.340 bits per heavy atom. The van der Waals surface area contributed by atoms with E-state index in [0.717, 1.165) is 22.3 Å². The van der Waals surface area contributed by atoms with Gasteiger partial charge in [-0.2, -0.15) is 0 Å². The number of benzene rings is 8. The smallest absolute Gasteiger partial charge is 0.143 e. The fourth-order valence-corrected chi connectivity index (χ4v) is 6.33. The molecule has 1 heteroatoms. The van der Waals surface area contributed by atoms with Gasteiger partial charge in [-0.15, -0.1) is 0 Å². The van der Waals surface area contributed by atoms with E-state index in [2.05, 4.69) is 0 Å². The van der Waals surface area contributed by atoms with Gasteiger partial charge in [0.15, 0.2) is 0 Å². The molecule has 220 valence electrons. The second-order valence-corrected chi connectivity index (χ2v) is 11.1. The van der Waals surface area contributed by atoms with Crippen molar-refractivity contribution in [3.63, 3.8) is 0 Å². The Balaban J connectivity index is 1.56. The lowest BCUT2D eigenvalue weighted by Crippen LogP contribution is -1.91. The summed E-state index contributed by atoms with van der Waals surface area (Å²) in [5.74, 6) is 0.242. The van der Waals surface area contributed by atoms with Gasteiger partial charge < -0.3 is 4.42 Å². The monoisotopic (exact) mass is 611 g/mol. The van der Waals surface area contributed by atoms with Crippen LogP contribution in [0.4, 0.5) is 0 Å². The summed E-state index contributed by atoms with van der Waals surface area (Å²) >= 11 is 0. The fraction of sp³-hybridized carbons (Fsp3) is 0. The van der Waals surface area contributed by atoms with E-state index in [0.29, 0.717) is 16.5 Å². The van der Waals surface area contributed by atoms with Crippen molar-refractivity contribution < 1.29 is 22.2 Å². The third-order valence-electron chi connectivity index (χ3n) is 8.40. The summed E-state index contributed by atoms with van der Waals surface area (Å²) < 4.78 is 124. The number of rotatable bonds is 5. The van der Waals surface area contributed by atoms with Gasteiger partial charge in [0.2, 0.25) is 0 Å². The number of fused-ring (bicyclic) bond motifs is 3. The van der Waals surface area contributed by atoms with Crippen molar-refractivity contribution in [1.29, 1.82) is 0 Å². The molecule has 1 aromatic heterocycles. The van der Waals surface area contributed by atoms with Crippen LogP contribution in [0.5, 0.6) is 0 Å². The van der Waals surface area contributed by atoms with Crippen LogP contribution < -0.4 is 0 Å². The molecule has 0 unspecified atom stereocenters. The highest BCUT2D eigenvalue weighted by molar-refractivity contribution is 6.25. The summed E-state index contributed by atoms with van der Waals surface area (Å²) in [4.78, 5) is 0. The normalized spacial score (nSPS) is 15.3. The van der Waals surface area contributed by atoms with Crippen LogP contribution in [0.2, 0.25) is 0 Å². The molecule has 9 aromatic rings. The largest absolute Gasteiger partial charge is 0.455 e. The van der Waals surface area contributed by atoms with Gasteiger partial charge in [0.1, 0.15) is 11.3 Å². The molecule has 47 heavy (non-hydrogen) atoms. The quantitative estimate of drug-likeness (QED) is 0.176. The molecule has 0 atom stereocenters. The number of hydrogen-bond acceptors (Lipinski definition) is 1. The molecule has 0 amide bonds. The summed E-state index contributed by atoms with van der Waals surface area (Å²) in [7, 11) is 0. The molecule has 1 heterocycles. The van der Waals surface area contributed by atoms with Crippen molar-refractivity contribution in [2.24, 2.45) is 0 Å². The zero-order chi connectivity index (χ0) is 42.5. The summed E-state index contributed by atoms with van der Waals surface area (Å²) in [6.45, 7) is 0. The molecule has 9 rings (SSSR count). The van der Waals surface area contributed by atoms with Crippen LogP contribution >= 0.6 is 0 Å². The molecule has 0 saturated heterocycles. The topological polar surface area (TPSA) is 13.1 Å². The van der Waals surface area contributed by atoms with Crippen LogP contribution in [0.15, 0.2) is 186 Å². The van der Waals surface area contributed by atoms with Crippen LogP contribution in [-0.4, -0.2) is 0 Å². The Morgan fingerprint density at radius 3 is 1.47 bits per heavy atom. The molecule has 0 aliphatic heterocycles. The summed E-state index contributed by atoms with van der Waals surface area (Å²) in [6, 6.07) is 23.6. The molecule has 0 aliphatic carbocycles. The van der Waals surface area contributed by atoms with Crippen molar-refractivity contribution in [3.05, 3.63) is 182 Å². The van der Waals surface area contributed by atoms with Crippen LogP contribution in [0.3, 0.4) is 0 Å². The molecule has 0 radical (unpaired) electrons.